The van der Waals surface area contributed by atoms with Gasteiger partial charge in [0.25, 0.3) is 0 Å². The van der Waals surface area contributed by atoms with Crippen molar-refractivity contribution in [3.8, 4) is 0 Å². The maximum absolute atomic E-state index is 12.9. The monoisotopic (exact) mass is 438 g/mol. The van der Waals surface area contributed by atoms with Crippen LogP contribution in [0.1, 0.15) is 25.0 Å². The molecular formula is C19H16BrClO3S. The van der Waals surface area contributed by atoms with Crippen LogP contribution in [0.3, 0.4) is 0 Å². The molecule has 0 aromatic heterocycles. The number of ether oxygens (including phenoxy) is 1. The first-order valence-corrected chi connectivity index (χ1v) is 10.3. The summed E-state index contributed by atoms with van der Waals surface area (Å²) in [6, 6.07) is 12.6. The summed E-state index contributed by atoms with van der Waals surface area (Å²) >= 11 is 9.55. The fourth-order valence-corrected chi connectivity index (χ4v) is 4.59. The lowest BCUT2D eigenvalue weighted by atomic mass is 9.93. The number of halogens is 2. The van der Waals surface area contributed by atoms with Crippen LogP contribution in [0.2, 0.25) is 5.02 Å². The lowest BCUT2D eigenvalue weighted by Gasteiger charge is -2.18. The fraction of sp³-hybridized carbons (Fsp3) is 0.211. The number of benzene rings is 2. The van der Waals surface area contributed by atoms with Crippen LogP contribution in [0.15, 0.2) is 51.8 Å². The molecule has 0 saturated carbocycles. The Morgan fingerprint density at radius 2 is 1.84 bits per heavy atom. The van der Waals surface area contributed by atoms with Gasteiger partial charge in [0.05, 0.1) is 21.3 Å². The van der Waals surface area contributed by atoms with E-state index in [-0.39, 0.29) is 5.78 Å². The quantitative estimate of drug-likeness (QED) is 0.669. The molecule has 0 radical (unpaired) electrons. The number of rotatable bonds is 3. The van der Waals surface area contributed by atoms with Crippen molar-refractivity contribution in [1.82, 2.24) is 0 Å². The van der Waals surface area contributed by atoms with Crippen molar-refractivity contribution >= 4 is 55.4 Å². The maximum atomic E-state index is 12.9. The molecule has 1 unspecified atom stereocenters. The zero-order valence-electron chi connectivity index (χ0n) is 13.9. The molecule has 0 saturated heterocycles. The summed E-state index contributed by atoms with van der Waals surface area (Å²) in [5.74, 6) is 0.412. The zero-order chi connectivity index (χ0) is 18.4. The van der Waals surface area contributed by atoms with E-state index in [4.69, 9.17) is 16.3 Å². The molecule has 3 rings (SSSR count). The predicted molar refractivity (Wildman–Crippen MR) is 105 cm³/mol. The molecule has 0 fully saturated rings. The van der Waals surface area contributed by atoms with Crippen LogP contribution in [0.4, 0.5) is 0 Å². The molecule has 130 valence electrons. The highest BCUT2D eigenvalue weighted by molar-refractivity contribution is 9.10. The number of carbonyl (C=O) groups excluding carboxylic acids is 1. The molecule has 2 aromatic carbocycles. The number of ketones is 1. The summed E-state index contributed by atoms with van der Waals surface area (Å²) in [6.45, 7) is 3.49. The van der Waals surface area contributed by atoms with E-state index >= 15 is 0 Å². The largest absolute Gasteiger partial charge is 0.478 e. The van der Waals surface area contributed by atoms with Crippen molar-refractivity contribution in [2.45, 2.75) is 24.3 Å². The van der Waals surface area contributed by atoms with Crippen molar-refractivity contribution in [2.24, 2.45) is 0 Å². The minimum atomic E-state index is -1.11. The highest BCUT2D eigenvalue weighted by Crippen LogP contribution is 2.42. The third-order valence-corrected chi connectivity index (χ3v) is 6.10. The Balaban J connectivity index is 2.21. The molecule has 6 heteroatoms. The number of Topliss-reactive ketones (excluding diaryl/α,β-unsaturated/α-hetero) is 1. The van der Waals surface area contributed by atoms with Crippen molar-refractivity contribution in [3.05, 3.63) is 63.1 Å². The maximum Gasteiger partial charge on any atom is 0.210 e. The van der Waals surface area contributed by atoms with E-state index in [0.717, 1.165) is 11.1 Å². The van der Waals surface area contributed by atoms with Crippen LogP contribution in [0.5, 0.6) is 0 Å². The summed E-state index contributed by atoms with van der Waals surface area (Å²) in [6.07, 6.45) is 1.62. The molecule has 0 bridgehead atoms. The standard InChI is InChI=1S/C19H16BrClO3S/c1-19(2)18(22)16(11-5-4-6-13(21)9-11)17(24-19)12-7-8-15(25(3)23)14(20)10-12/h4-10H,1-3H3. The van der Waals surface area contributed by atoms with Gasteiger partial charge < -0.3 is 4.74 Å². The predicted octanol–water partition coefficient (Wildman–Crippen LogP) is 5.09. The molecule has 25 heavy (non-hydrogen) atoms. The van der Waals surface area contributed by atoms with Crippen LogP contribution in [-0.4, -0.2) is 21.8 Å². The van der Waals surface area contributed by atoms with Crippen LogP contribution < -0.4 is 0 Å². The molecule has 0 amide bonds. The fourth-order valence-electron chi connectivity index (χ4n) is 2.74. The third kappa shape index (κ3) is 3.46. The van der Waals surface area contributed by atoms with Crippen molar-refractivity contribution in [3.63, 3.8) is 0 Å². The van der Waals surface area contributed by atoms with E-state index in [1.54, 1.807) is 44.4 Å². The van der Waals surface area contributed by atoms with Gasteiger partial charge in [0.2, 0.25) is 5.78 Å². The first-order valence-electron chi connectivity index (χ1n) is 7.58. The number of hydrogen-bond acceptors (Lipinski definition) is 3. The summed E-state index contributed by atoms with van der Waals surface area (Å²) in [5, 5.41) is 0.555. The van der Waals surface area contributed by atoms with Gasteiger partial charge in [-0.2, -0.15) is 0 Å². The molecule has 0 N–H and O–H groups in total. The normalized spacial score (nSPS) is 17.6. The Labute approximate surface area is 162 Å². The zero-order valence-corrected chi connectivity index (χ0v) is 17.1. The first-order chi connectivity index (χ1) is 11.7. The van der Waals surface area contributed by atoms with E-state index in [2.05, 4.69) is 15.9 Å². The lowest BCUT2D eigenvalue weighted by Crippen LogP contribution is -2.29. The van der Waals surface area contributed by atoms with Crippen molar-refractivity contribution in [1.29, 1.82) is 0 Å². The van der Waals surface area contributed by atoms with Gasteiger partial charge in [-0.25, -0.2) is 0 Å². The Hall–Kier alpha value is -1.43. The van der Waals surface area contributed by atoms with Crippen LogP contribution in [0, 0.1) is 0 Å². The average Bonchev–Trinajstić information content (AvgIpc) is 2.77. The van der Waals surface area contributed by atoms with E-state index in [1.165, 1.54) is 0 Å². The molecule has 2 aromatic rings. The highest BCUT2D eigenvalue weighted by atomic mass is 79.9. The summed E-state index contributed by atoms with van der Waals surface area (Å²) < 4.78 is 18.5. The highest BCUT2D eigenvalue weighted by Gasteiger charge is 2.42. The van der Waals surface area contributed by atoms with Crippen molar-refractivity contribution in [2.75, 3.05) is 6.26 Å². The third-order valence-electron chi connectivity index (χ3n) is 3.98. The molecular weight excluding hydrogens is 424 g/mol. The van der Waals surface area contributed by atoms with E-state index in [0.29, 0.717) is 25.7 Å². The first kappa shape index (κ1) is 18.4. The molecule has 1 atom stereocenters. The van der Waals surface area contributed by atoms with Crippen LogP contribution in [0.25, 0.3) is 11.3 Å². The van der Waals surface area contributed by atoms with Gasteiger partial charge in [-0.15, -0.1) is 0 Å². The van der Waals surface area contributed by atoms with Gasteiger partial charge in [-0.3, -0.25) is 9.00 Å². The second-order valence-electron chi connectivity index (χ2n) is 6.26. The number of carbonyl (C=O) groups is 1. The van der Waals surface area contributed by atoms with E-state index in [9.17, 15) is 9.00 Å². The van der Waals surface area contributed by atoms with Gasteiger partial charge in [0, 0.05) is 21.3 Å². The van der Waals surface area contributed by atoms with E-state index in [1.807, 2.05) is 18.2 Å². The van der Waals surface area contributed by atoms with Crippen molar-refractivity contribution < 1.29 is 13.7 Å². The molecule has 1 aliphatic rings. The van der Waals surface area contributed by atoms with Gasteiger partial charge in [-0.1, -0.05) is 23.7 Å². The van der Waals surface area contributed by atoms with Crippen LogP contribution in [-0.2, 0) is 20.3 Å². The van der Waals surface area contributed by atoms with Gasteiger partial charge in [0.1, 0.15) is 5.76 Å². The molecule has 1 aliphatic heterocycles. The second-order valence-corrected chi connectivity index (χ2v) is 8.89. The molecule has 0 spiro atoms. The Bertz CT molecular complexity index is 934. The second kappa shape index (κ2) is 6.71. The summed E-state index contributed by atoms with van der Waals surface area (Å²) in [5.41, 5.74) is 1.02. The smallest absolute Gasteiger partial charge is 0.210 e. The number of hydrogen-bond donors (Lipinski definition) is 0. The van der Waals surface area contributed by atoms with E-state index < -0.39 is 16.4 Å². The topological polar surface area (TPSA) is 43.4 Å². The molecule has 3 nitrogen and oxygen atoms in total. The lowest BCUT2D eigenvalue weighted by molar-refractivity contribution is -0.125. The minimum absolute atomic E-state index is 0.0935. The summed E-state index contributed by atoms with van der Waals surface area (Å²) in [7, 11) is -1.11. The van der Waals surface area contributed by atoms with Gasteiger partial charge in [-0.05, 0) is 65.7 Å². The van der Waals surface area contributed by atoms with Crippen LogP contribution >= 0.6 is 27.5 Å². The minimum Gasteiger partial charge on any atom is -0.478 e. The van der Waals surface area contributed by atoms with Gasteiger partial charge in [0.15, 0.2) is 5.60 Å². The average molecular weight is 440 g/mol. The molecule has 0 aliphatic carbocycles. The molecule has 1 heterocycles. The SMILES string of the molecule is CS(=O)c1ccc(C2=C(c3cccc(Cl)c3)C(=O)C(C)(C)O2)cc1Br. The Morgan fingerprint density at radius 3 is 2.44 bits per heavy atom. The summed E-state index contributed by atoms with van der Waals surface area (Å²) in [4.78, 5) is 13.6. The Kier molecular flexibility index (Phi) is 4.93. The van der Waals surface area contributed by atoms with Gasteiger partial charge >= 0.3 is 0 Å². The Morgan fingerprint density at radius 1 is 1.12 bits per heavy atom.